The van der Waals surface area contributed by atoms with Gasteiger partial charge in [-0.1, -0.05) is 6.92 Å². The number of nitrogens with zero attached hydrogens (tertiary/aromatic N) is 1. The summed E-state index contributed by atoms with van der Waals surface area (Å²) >= 11 is 0. The van der Waals surface area contributed by atoms with Crippen molar-refractivity contribution < 1.29 is 18.9 Å². The van der Waals surface area contributed by atoms with Gasteiger partial charge >= 0.3 is 7.60 Å². The second-order valence-corrected chi connectivity index (χ2v) is 6.12. The molecule has 0 aromatic rings. The van der Waals surface area contributed by atoms with Crippen molar-refractivity contribution in [3.63, 3.8) is 0 Å². The van der Waals surface area contributed by atoms with Crippen LogP contribution >= 0.6 is 7.60 Å². The highest BCUT2D eigenvalue weighted by molar-refractivity contribution is 7.52. The Bertz CT molecular complexity index is 319. The van der Waals surface area contributed by atoms with Crippen LogP contribution in [-0.2, 0) is 4.57 Å². The van der Waals surface area contributed by atoms with E-state index in [-0.39, 0.29) is 0 Å². The van der Waals surface area contributed by atoms with E-state index in [2.05, 4.69) is 13.0 Å². The van der Waals surface area contributed by atoms with Gasteiger partial charge in [0.1, 0.15) is 11.9 Å². The van der Waals surface area contributed by atoms with Gasteiger partial charge in [0.2, 0.25) is 0 Å². The van der Waals surface area contributed by atoms with Crippen LogP contribution in [0.4, 0.5) is 0 Å². The van der Waals surface area contributed by atoms with Crippen LogP contribution in [0.5, 0.6) is 0 Å². The second-order valence-electron chi connectivity index (χ2n) is 4.06. The van der Waals surface area contributed by atoms with Crippen LogP contribution in [-0.4, -0.2) is 32.8 Å². The highest BCUT2D eigenvalue weighted by Crippen LogP contribution is 2.40. The van der Waals surface area contributed by atoms with Gasteiger partial charge in [-0.2, -0.15) is 0 Å². The molecule has 1 aliphatic rings. The molecule has 1 rings (SSSR count). The van der Waals surface area contributed by atoms with Crippen LogP contribution in [0, 0.1) is 5.92 Å². The molecule has 0 saturated heterocycles. The zero-order valence-corrected chi connectivity index (χ0v) is 10.1. The van der Waals surface area contributed by atoms with Crippen molar-refractivity contribution in [3.05, 3.63) is 12.3 Å². The van der Waals surface area contributed by atoms with E-state index in [1.165, 1.54) is 0 Å². The molecule has 0 bridgehead atoms. The maximum atomic E-state index is 11.0. The van der Waals surface area contributed by atoms with Crippen LogP contribution in [0.25, 0.3) is 0 Å². The molecular formula is C10H19NO3P+. The smallest absolute Gasteiger partial charge is 0.324 e. The fourth-order valence-corrected chi connectivity index (χ4v) is 1.89. The molecule has 0 aliphatic carbocycles. The van der Waals surface area contributed by atoms with Crippen LogP contribution in [0.1, 0.15) is 26.7 Å². The van der Waals surface area contributed by atoms with Crippen molar-refractivity contribution in [1.82, 2.24) is 0 Å². The van der Waals surface area contributed by atoms with Crippen LogP contribution in [0.15, 0.2) is 12.3 Å². The Morgan fingerprint density at radius 3 is 2.67 bits per heavy atom. The Morgan fingerprint density at radius 2 is 2.27 bits per heavy atom. The maximum Gasteiger partial charge on any atom is 0.334 e. The SMILES string of the molecule is CCC1C=C[N+](CC(C)P(=O)(O)O)=CC1. The molecule has 4 nitrogen and oxygen atoms in total. The average molecular weight is 232 g/mol. The first kappa shape index (κ1) is 12.6. The molecule has 0 aromatic carbocycles. The van der Waals surface area contributed by atoms with Gasteiger partial charge in [0.05, 0.1) is 0 Å². The summed E-state index contributed by atoms with van der Waals surface area (Å²) in [5.41, 5.74) is -0.614. The van der Waals surface area contributed by atoms with E-state index < -0.39 is 13.3 Å². The molecule has 1 heterocycles. The van der Waals surface area contributed by atoms with Crippen molar-refractivity contribution in [2.75, 3.05) is 6.54 Å². The van der Waals surface area contributed by atoms with Crippen molar-refractivity contribution >= 4 is 13.8 Å². The van der Waals surface area contributed by atoms with Crippen LogP contribution < -0.4 is 0 Å². The standard InChI is InChI=1S/C10H18NO3P/c1-3-10-4-6-11(7-5-10)8-9(2)15(12,13)14/h4,6-7,9-10H,3,5,8H2,1-2H3,(H-,12,13,14)/p+1. The Morgan fingerprint density at radius 1 is 1.60 bits per heavy atom. The third kappa shape index (κ3) is 3.90. The van der Waals surface area contributed by atoms with Crippen molar-refractivity contribution in [2.45, 2.75) is 32.3 Å². The fourth-order valence-electron chi connectivity index (χ4n) is 1.49. The molecule has 5 heteroatoms. The van der Waals surface area contributed by atoms with E-state index >= 15 is 0 Å². The number of rotatable bonds is 4. The van der Waals surface area contributed by atoms with Gasteiger partial charge < -0.3 is 9.79 Å². The summed E-state index contributed by atoms with van der Waals surface area (Å²) in [7, 11) is -3.94. The van der Waals surface area contributed by atoms with Crippen LogP contribution in [0.2, 0.25) is 0 Å². The third-order valence-corrected chi connectivity index (χ3v) is 4.08. The van der Waals surface area contributed by atoms with E-state index in [4.69, 9.17) is 9.79 Å². The molecule has 1 aliphatic heterocycles. The lowest BCUT2D eigenvalue weighted by molar-refractivity contribution is -0.455. The molecule has 0 radical (unpaired) electrons. The summed E-state index contributed by atoms with van der Waals surface area (Å²) in [5, 5.41) is 0. The number of hydrogen-bond acceptors (Lipinski definition) is 1. The van der Waals surface area contributed by atoms with E-state index in [0.717, 1.165) is 12.8 Å². The minimum atomic E-state index is -3.94. The molecule has 15 heavy (non-hydrogen) atoms. The Kier molecular flexibility index (Phi) is 4.26. The molecular weight excluding hydrogens is 213 g/mol. The quantitative estimate of drug-likeness (QED) is 0.571. The van der Waals surface area contributed by atoms with Gasteiger partial charge in [-0.25, -0.2) is 4.58 Å². The number of hydrogen-bond donors (Lipinski definition) is 2. The van der Waals surface area contributed by atoms with Gasteiger partial charge in [0.15, 0.2) is 12.7 Å². The summed E-state index contributed by atoms with van der Waals surface area (Å²) < 4.78 is 12.8. The zero-order chi connectivity index (χ0) is 11.5. The summed E-state index contributed by atoms with van der Waals surface area (Å²) in [6.45, 7) is 4.10. The molecule has 0 fully saturated rings. The lowest BCUT2D eigenvalue weighted by Gasteiger charge is -2.13. The van der Waals surface area contributed by atoms with Crippen molar-refractivity contribution in [2.24, 2.45) is 5.92 Å². The van der Waals surface area contributed by atoms with Gasteiger partial charge in [-0.3, -0.25) is 4.57 Å². The third-order valence-electron chi connectivity index (χ3n) is 2.77. The molecule has 86 valence electrons. The van der Waals surface area contributed by atoms with Gasteiger partial charge in [0.25, 0.3) is 0 Å². The normalized spacial score (nSPS) is 23.7. The predicted molar refractivity (Wildman–Crippen MR) is 60.2 cm³/mol. The fraction of sp³-hybridized carbons (Fsp3) is 0.700. The highest BCUT2D eigenvalue weighted by atomic mass is 31.2. The maximum absolute atomic E-state index is 11.0. The monoisotopic (exact) mass is 232 g/mol. The Balaban J connectivity index is 2.52. The van der Waals surface area contributed by atoms with Gasteiger partial charge in [0, 0.05) is 6.42 Å². The van der Waals surface area contributed by atoms with Gasteiger partial charge in [-0.15, -0.1) is 0 Å². The molecule has 0 spiro atoms. The molecule has 2 N–H and O–H groups in total. The first-order valence-electron chi connectivity index (χ1n) is 5.26. The number of allylic oxidation sites excluding steroid dienone is 1. The summed E-state index contributed by atoms with van der Waals surface area (Å²) in [6.07, 6.45) is 8.10. The van der Waals surface area contributed by atoms with E-state index in [1.54, 1.807) is 6.92 Å². The summed E-state index contributed by atoms with van der Waals surface area (Å²) in [5.74, 6) is 0.576. The van der Waals surface area contributed by atoms with Crippen LogP contribution in [0.3, 0.4) is 0 Å². The molecule has 0 saturated carbocycles. The zero-order valence-electron chi connectivity index (χ0n) is 9.21. The van der Waals surface area contributed by atoms with E-state index in [0.29, 0.717) is 12.5 Å². The second kappa shape index (κ2) is 5.06. The summed E-state index contributed by atoms with van der Waals surface area (Å²) in [6, 6.07) is 0. The van der Waals surface area contributed by atoms with E-state index in [9.17, 15) is 4.57 Å². The van der Waals surface area contributed by atoms with Crippen molar-refractivity contribution in [3.8, 4) is 0 Å². The molecule has 2 atom stereocenters. The van der Waals surface area contributed by atoms with E-state index in [1.807, 2.05) is 17.0 Å². The predicted octanol–water partition coefficient (Wildman–Crippen LogP) is 1.58. The van der Waals surface area contributed by atoms with Crippen molar-refractivity contribution in [1.29, 1.82) is 0 Å². The Labute approximate surface area is 90.5 Å². The molecule has 2 unspecified atom stereocenters. The van der Waals surface area contributed by atoms with Gasteiger partial charge in [-0.05, 0) is 25.3 Å². The summed E-state index contributed by atoms with van der Waals surface area (Å²) in [4.78, 5) is 17.9. The molecule has 0 amide bonds. The lowest BCUT2D eigenvalue weighted by Crippen LogP contribution is -2.22. The highest BCUT2D eigenvalue weighted by Gasteiger charge is 2.28. The minimum Gasteiger partial charge on any atom is -0.324 e. The Hall–Kier alpha value is -0.440. The minimum absolute atomic E-state index is 0.386. The molecule has 0 aromatic heterocycles. The first-order chi connectivity index (χ1) is 6.93. The lowest BCUT2D eigenvalue weighted by atomic mass is 10.0. The topological polar surface area (TPSA) is 60.5 Å². The largest absolute Gasteiger partial charge is 0.334 e. The first-order valence-corrected chi connectivity index (χ1v) is 6.94. The average Bonchev–Trinajstić information content (AvgIpc) is 2.17.